The quantitative estimate of drug-likeness (QED) is 0.777. The van der Waals surface area contributed by atoms with Crippen molar-refractivity contribution in [3.05, 3.63) is 70.0 Å². The molecule has 1 heterocycles. The fourth-order valence-corrected chi connectivity index (χ4v) is 4.59. The van der Waals surface area contributed by atoms with Crippen LogP contribution in [0, 0.1) is 22.9 Å². The molecule has 1 aliphatic carbocycles. The van der Waals surface area contributed by atoms with Crippen LogP contribution in [0.5, 0.6) is 0 Å². The molecule has 8 heteroatoms. The minimum absolute atomic E-state index is 0.129. The molecule has 0 radical (unpaired) electrons. The summed E-state index contributed by atoms with van der Waals surface area (Å²) in [5.41, 5.74) is 0.814. The Bertz CT molecular complexity index is 1030. The number of fused-ring (bicyclic) bond motifs is 1. The highest BCUT2D eigenvalue weighted by Crippen LogP contribution is 2.44. The van der Waals surface area contributed by atoms with E-state index in [0.717, 1.165) is 12.1 Å². The normalized spacial score (nSPS) is 17.5. The molecule has 5 nitrogen and oxygen atoms in total. The highest BCUT2D eigenvalue weighted by atomic mass is 19.1. The summed E-state index contributed by atoms with van der Waals surface area (Å²) in [5.74, 6) is -2.20. The Morgan fingerprint density at radius 3 is 2.52 bits per heavy atom. The van der Waals surface area contributed by atoms with Crippen molar-refractivity contribution in [1.82, 2.24) is 10.2 Å². The number of halogens is 3. The number of aliphatic hydroxyl groups is 1. The lowest BCUT2D eigenvalue weighted by atomic mass is 9.66. The van der Waals surface area contributed by atoms with Gasteiger partial charge in [-0.1, -0.05) is 6.07 Å². The van der Waals surface area contributed by atoms with Gasteiger partial charge in [-0.2, -0.15) is 0 Å². The SMILES string of the molecule is O=C1CC2(CCN(C(=O)NCc3ccc(F)c(CO)c3)CC2)Cc2c(F)cc(F)cc21. The summed E-state index contributed by atoms with van der Waals surface area (Å²) in [7, 11) is 0. The van der Waals surface area contributed by atoms with E-state index in [2.05, 4.69) is 5.32 Å². The molecule has 2 N–H and O–H groups in total. The maximum absolute atomic E-state index is 14.3. The van der Waals surface area contributed by atoms with Crippen molar-refractivity contribution in [2.45, 2.75) is 38.8 Å². The third-order valence-corrected chi connectivity index (χ3v) is 6.38. The number of nitrogens with one attached hydrogen (secondary N) is 1. The van der Waals surface area contributed by atoms with Crippen molar-refractivity contribution >= 4 is 11.8 Å². The van der Waals surface area contributed by atoms with Crippen molar-refractivity contribution < 1.29 is 27.9 Å². The van der Waals surface area contributed by atoms with E-state index in [1.54, 1.807) is 11.0 Å². The number of hydrogen-bond acceptors (Lipinski definition) is 3. The van der Waals surface area contributed by atoms with Gasteiger partial charge >= 0.3 is 6.03 Å². The predicted molar refractivity (Wildman–Crippen MR) is 107 cm³/mol. The van der Waals surface area contributed by atoms with Crippen molar-refractivity contribution in [1.29, 1.82) is 0 Å². The maximum atomic E-state index is 14.3. The molecule has 0 saturated carbocycles. The molecule has 164 valence electrons. The van der Waals surface area contributed by atoms with E-state index < -0.39 is 29.5 Å². The standard InChI is InChI=1S/C23H23F3N2O3/c24-16-8-17-18(20(26)9-16)10-23(11-21(17)30)3-5-28(6-4-23)22(31)27-12-14-1-2-19(25)15(7-14)13-29/h1-2,7-9,29H,3-6,10-13H2,(H,27,31). The number of carbonyl (C=O) groups excluding carboxylic acids is 2. The highest BCUT2D eigenvalue weighted by molar-refractivity contribution is 5.99. The summed E-state index contributed by atoms with van der Waals surface area (Å²) < 4.78 is 41.2. The van der Waals surface area contributed by atoms with E-state index in [9.17, 15) is 22.8 Å². The van der Waals surface area contributed by atoms with Gasteiger partial charge in [0.2, 0.25) is 0 Å². The van der Waals surface area contributed by atoms with Crippen LogP contribution < -0.4 is 5.32 Å². The first-order valence-electron chi connectivity index (χ1n) is 10.2. The summed E-state index contributed by atoms with van der Waals surface area (Å²) in [6.07, 6.45) is 1.67. The molecule has 2 aromatic carbocycles. The van der Waals surface area contributed by atoms with Crippen molar-refractivity contribution in [3.63, 3.8) is 0 Å². The number of hydrogen-bond donors (Lipinski definition) is 2. The molecule has 1 fully saturated rings. The Kier molecular flexibility index (Phi) is 5.75. The molecular weight excluding hydrogens is 409 g/mol. The van der Waals surface area contributed by atoms with Crippen LogP contribution in [0.1, 0.15) is 46.3 Å². The number of rotatable bonds is 3. The number of carbonyl (C=O) groups is 2. The van der Waals surface area contributed by atoms with E-state index in [-0.39, 0.29) is 41.5 Å². The molecule has 1 aliphatic heterocycles. The molecular formula is C23H23F3N2O3. The molecule has 0 unspecified atom stereocenters. The smallest absolute Gasteiger partial charge is 0.317 e. The van der Waals surface area contributed by atoms with Gasteiger partial charge in [-0.3, -0.25) is 4.79 Å². The summed E-state index contributed by atoms with van der Waals surface area (Å²) >= 11 is 0. The van der Waals surface area contributed by atoms with Crippen LogP contribution >= 0.6 is 0 Å². The molecule has 0 aromatic heterocycles. The molecule has 0 bridgehead atoms. The van der Waals surface area contributed by atoms with Crippen molar-refractivity contribution in [2.75, 3.05) is 13.1 Å². The number of ketones is 1. The third kappa shape index (κ3) is 4.30. The Morgan fingerprint density at radius 2 is 1.81 bits per heavy atom. The largest absolute Gasteiger partial charge is 0.392 e. The summed E-state index contributed by atoms with van der Waals surface area (Å²) in [4.78, 5) is 26.7. The predicted octanol–water partition coefficient (Wildman–Crippen LogP) is 3.72. The molecule has 1 saturated heterocycles. The Balaban J connectivity index is 1.37. The van der Waals surface area contributed by atoms with E-state index in [1.807, 2.05) is 0 Å². The fourth-order valence-electron chi connectivity index (χ4n) is 4.59. The lowest BCUT2D eigenvalue weighted by Gasteiger charge is -2.44. The van der Waals surface area contributed by atoms with Crippen LogP contribution in [0.3, 0.4) is 0 Å². The lowest BCUT2D eigenvalue weighted by Crippen LogP contribution is -2.49. The second-order valence-electron chi connectivity index (χ2n) is 8.42. The summed E-state index contributed by atoms with van der Waals surface area (Å²) in [6, 6.07) is 5.94. The van der Waals surface area contributed by atoms with Gasteiger partial charge in [-0.15, -0.1) is 0 Å². The van der Waals surface area contributed by atoms with Crippen LogP contribution in [0.2, 0.25) is 0 Å². The first-order chi connectivity index (χ1) is 14.8. The molecule has 4 rings (SSSR count). The number of urea groups is 1. The molecule has 0 atom stereocenters. The molecule has 1 spiro atoms. The first kappa shape index (κ1) is 21.4. The topological polar surface area (TPSA) is 69.6 Å². The average molecular weight is 432 g/mol. The van der Waals surface area contributed by atoms with Crippen molar-refractivity contribution in [2.24, 2.45) is 5.41 Å². The zero-order valence-electron chi connectivity index (χ0n) is 16.9. The fraction of sp³-hybridized carbons (Fsp3) is 0.391. The van der Waals surface area contributed by atoms with Gasteiger partial charge in [-0.25, -0.2) is 18.0 Å². The van der Waals surface area contributed by atoms with Crippen LogP contribution in [0.4, 0.5) is 18.0 Å². The number of aliphatic hydroxyl groups excluding tert-OH is 1. The van der Waals surface area contributed by atoms with E-state index in [4.69, 9.17) is 5.11 Å². The van der Waals surface area contributed by atoms with Crippen LogP contribution in [0.15, 0.2) is 30.3 Å². The highest BCUT2D eigenvalue weighted by Gasteiger charge is 2.42. The molecule has 2 aliphatic rings. The summed E-state index contributed by atoms with van der Waals surface area (Å²) in [6.45, 7) is 0.610. The Morgan fingerprint density at radius 1 is 1.06 bits per heavy atom. The van der Waals surface area contributed by atoms with Crippen LogP contribution in [-0.4, -0.2) is 34.9 Å². The van der Waals surface area contributed by atoms with Crippen molar-refractivity contribution in [3.8, 4) is 0 Å². The minimum Gasteiger partial charge on any atom is -0.392 e. The molecule has 31 heavy (non-hydrogen) atoms. The van der Waals surface area contributed by atoms with Gasteiger partial charge in [0.15, 0.2) is 5.78 Å². The number of nitrogens with zero attached hydrogens (tertiary/aromatic N) is 1. The first-order valence-corrected chi connectivity index (χ1v) is 10.2. The second kappa shape index (κ2) is 8.34. The van der Waals surface area contributed by atoms with E-state index in [1.165, 1.54) is 12.1 Å². The number of Topliss-reactive ketones (excluding diaryl/α,β-unsaturated/α-hetero) is 1. The van der Waals surface area contributed by atoms with E-state index in [0.29, 0.717) is 37.9 Å². The van der Waals surface area contributed by atoms with Crippen LogP contribution in [0.25, 0.3) is 0 Å². The Labute approximate surface area is 177 Å². The minimum atomic E-state index is -0.751. The molecule has 2 aromatic rings. The monoisotopic (exact) mass is 432 g/mol. The van der Waals surface area contributed by atoms with Gasteiger partial charge in [-0.05, 0) is 54.0 Å². The molecule has 2 amide bonds. The van der Waals surface area contributed by atoms with Crippen LogP contribution in [-0.2, 0) is 19.6 Å². The lowest BCUT2D eigenvalue weighted by molar-refractivity contribution is 0.0729. The summed E-state index contributed by atoms with van der Waals surface area (Å²) in [5, 5.41) is 11.9. The number of benzene rings is 2. The van der Waals surface area contributed by atoms with Gasteiger partial charge in [0.05, 0.1) is 6.61 Å². The van der Waals surface area contributed by atoms with Gasteiger partial charge in [0.25, 0.3) is 0 Å². The van der Waals surface area contributed by atoms with Gasteiger partial charge < -0.3 is 15.3 Å². The van der Waals surface area contributed by atoms with Gasteiger partial charge in [0, 0.05) is 43.2 Å². The van der Waals surface area contributed by atoms with Gasteiger partial charge in [0.1, 0.15) is 17.5 Å². The van der Waals surface area contributed by atoms with E-state index >= 15 is 0 Å². The zero-order valence-corrected chi connectivity index (χ0v) is 16.9. The number of piperidine rings is 1. The Hall–Kier alpha value is -2.87. The number of likely N-dealkylation sites (tertiary alicyclic amines) is 1. The average Bonchev–Trinajstić information content (AvgIpc) is 2.74. The number of amides is 2. The zero-order chi connectivity index (χ0) is 22.2. The third-order valence-electron chi connectivity index (χ3n) is 6.38. The maximum Gasteiger partial charge on any atom is 0.317 e. The second-order valence-corrected chi connectivity index (χ2v) is 8.42.